The number of hydrogen-bond donors (Lipinski definition) is 2. The Balaban J connectivity index is 2.50. The van der Waals surface area contributed by atoms with Crippen LogP contribution in [0.2, 0.25) is 0 Å². The van der Waals surface area contributed by atoms with Crippen LogP contribution in [0.1, 0.15) is 18.2 Å². The highest BCUT2D eigenvalue weighted by molar-refractivity contribution is 5.99. The largest absolute Gasteiger partial charge is 0.460 e. The zero-order valence-electron chi connectivity index (χ0n) is 9.55. The predicted molar refractivity (Wildman–Crippen MR) is 69.0 cm³/mol. The highest BCUT2D eigenvalue weighted by atomic mass is 16.3. The predicted octanol–water partition coefficient (Wildman–Crippen LogP) is 1.60. The van der Waals surface area contributed by atoms with Crippen LogP contribution in [0.25, 0.3) is 11.0 Å². The van der Waals surface area contributed by atoms with Crippen LogP contribution in [0.5, 0.6) is 0 Å². The van der Waals surface area contributed by atoms with Crippen LogP contribution in [0, 0.1) is 0 Å². The van der Waals surface area contributed by atoms with Gasteiger partial charge in [0.15, 0.2) is 0 Å². The van der Waals surface area contributed by atoms with Gasteiger partial charge in [-0.2, -0.15) is 5.10 Å². The summed E-state index contributed by atoms with van der Waals surface area (Å²) in [5.74, 6) is 0.813. The Morgan fingerprint density at radius 1 is 1.35 bits per heavy atom. The first kappa shape index (κ1) is 11.2. The molecule has 0 saturated heterocycles. The van der Waals surface area contributed by atoms with Crippen LogP contribution >= 0.6 is 0 Å². The fourth-order valence-corrected chi connectivity index (χ4v) is 1.67. The smallest absolute Gasteiger partial charge is 0.211 e. The molecule has 0 unspecified atom stereocenters. The van der Waals surface area contributed by atoms with Gasteiger partial charge in [-0.3, -0.25) is 0 Å². The number of nitrogens with zero attached hydrogens (tertiary/aromatic N) is 2. The van der Waals surface area contributed by atoms with E-state index in [2.05, 4.69) is 10.2 Å². The van der Waals surface area contributed by atoms with Gasteiger partial charge in [-0.15, -0.1) is 5.10 Å². The van der Waals surface area contributed by atoms with Gasteiger partial charge in [0.25, 0.3) is 0 Å². The normalized spacial score (nSPS) is 11.1. The van der Waals surface area contributed by atoms with E-state index in [0.717, 1.165) is 28.7 Å². The zero-order valence-corrected chi connectivity index (χ0v) is 9.55. The highest BCUT2D eigenvalue weighted by Gasteiger charge is 2.09. The number of aryl methyl sites for hydroxylation is 1. The Morgan fingerprint density at radius 2 is 2.12 bits per heavy atom. The van der Waals surface area contributed by atoms with Crippen molar-refractivity contribution in [1.29, 1.82) is 0 Å². The maximum Gasteiger partial charge on any atom is 0.211 e. The summed E-state index contributed by atoms with van der Waals surface area (Å²) < 4.78 is 5.70. The number of guanidine groups is 1. The van der Waals surface area contributed by atoms with Crippen molar-refractivity contribution in [3.8, 4) is 0 Å². The second-order valence-corrected chi connectivity index (χ2v) is 3.56. The third kappa shape index (κ3) is 2.28. The van der Waals surface area contributed by atoms with Crippen LogP contribution < -0.4 is 11.5 Å². The second-order valence-electron chi connectivity index (χ2n) is 3.56. The molecule has 0 radical (unpaired) electrons. The quantitative estimate of drug-likeness (QED) is 0.476. The molecule has 0 aliphatic heterocycles. The van der Waals surface area contributed by atoms with E-state index in [0.29, 0.717) is 0 Å². The molecule has 88 valence electrons. The molecule has 0 saturated carbocycles. The summed E-state index contributed by atoms with van der Waals surface area (Å²) in [6.45, 7) is 2.02. The second kappa shape index (κ2) is 4.69. The summed E-state index contributed by atoms with van der Waals surface area (Å²) in [5.41, 5.74) is 12.2. The van der Waals surface area contributed by atoms with Crippen molar-refractivity contribution in [2.75, 3.05) is 0 Å². The average Bonchev–Trinajstić information content (AvgIpc) is 2.67. The summed E-state index contributed by atoms with van der Waals surface area (Å²) in [6.07, 6.45) is 2.41. The summed E-state index contributed by atoms with van der Waals surface area (Å²) in [7, 11) is 0. The Morgan fingerprint density at radius 3 is 2.82 bits per heavy atom. The molecule has 4 N–H and O–H groups in total. The number of para-hydroxylation sites is 1. The molecule has 2 rings (SSSR count). The highest BCUT2D eigenvalue weighted by Crippen LogP contribution is 2.24. The molecular weight excluding hydrogens is 216 g/mol. The lowest BCUT2D eigenvalue weighted by molar-refractivity contribution is 0.556. The third-order valence-corrected chi connectivity index (χ3v) is 2.39. The van der Waals surface area contributed by atoms with E-state index in [1.54, 1.807) is 6.21 Å². The van der Waals surface area contributed by atoms with Crippen LogP contribution in [0.3, 0.4) is 0 Å². The number of nitrogens with two attached hydrogens (primary N) is 2. The first-order valence-corrected chi connectivity index (χ1v) is 5.34. The Labute approximate surface area is 98.8 Å². The van der Waals surface area contributed by atoms with Gasteiger partial charge in [-0.05, 0) is 6.07 Å². The molecule has 0 atom stereocenters. The number of hydrogen-bond acceptors (Lipinski definition) is 3. The van der Waals surface area contributed by atoms with Gasteiger partial charge in [-0.1, -0.05) is 25.1 Å². The zero-order chi connectivity index (χ0) is 12.3. The molecule has 0 aliphatic rings. The van der Waals surface area contributed by atoms with Gasteiger partial charge in [-0.25, -0.2) is 0 Å². The van der Waals surface area contributed by atoms with Crippen LogP contribution in [0.4, 0.5) is 0 Å². The molecule has 0 fully saturated rings. The molecule has 1 aromatic heterocycles. The van der Waals surface area contributed by atoms with Crippen molar-refractivity contribution in [1.82, 2.24) is 0 Å². The Kier molecular flexibility index (Phi) is 3.09. The molecule has 1 aromatic carbocycles. The summed E-state index contributed by atoms with van der Waals surface area (Å²) in [4.78, 5) is 0. The molecular formula is C12H14N4O. The van der Waals surface area contributed by atoms with Crippen LogP contribution in [0.15, 0.2) is 38.9 Å². The van der Waals surface area contributed by atoms with Gasteiger partial charge in [0.1, 0.15) is 11.3 Å². The Bertz CT molecular complexity index is 579. The number of rotatable bonds is 3. The van der Waals surface area contributed by atoms with E-state index < -0.39 is 0 Å². The monoisotopic (exact) mass is 230 g/mol. The fourth-order valence-electron chi connectivity index (χ4n) is 1.67. The standard InChI is InChI=1S/C12H14N4O/c1-2-10-9(7-15-16-12(13)14)8-5-3-4-6-11(8)17-10/h3-7H,2H2,1H3,(H4,13,14,16)/b15-7-. The molecule has 0 amide bonds. The summed E-state index contributed by atoms with van der Waals surface area (Å²) >= 11 is 0. The van der Waals surface area contributed by atoms with E-state index in [1.165, 1.54) is 0 Å². The van der Waals surface area contributed by atoms with Gasteiger partial charge in [0.05, 0.1) is 6.21 Å². The van der Waals surface area contributed by atoms with Gasteiger partial charge < -0.3 is 15.9 Å². The van der Waals surface area contributed by atoms with Crippen molar-refractivity contribution < 1.29 is 4.42 Å². The topological polar surface area (TPSA) is 89.9 Å². The SMILES string of the molecule is CCc1oc2ccccc2c1/C=N\N=C(N)N. The molecule has 2 aromatic rings. The van der Waals surface area contributed by atoms with E-state index in [1.807, 2.05) is 31.2 Å². The lowest BCUT2D eigenvalue weighted by Crippen LogP contribution is -2.21. The lowest BCUT2D eigenvalue weighted by atomic mass is 10.1. The molecule has 0 spiro atoms. The summed E-state index contributed by atoms with van der Waals surface area (Å²) in [6, 6.07) is 7.79. The van der Waals surface area contributed by atoms with E-state index >= 15 is 0 Å². The van der Waals surface area contributed by atoms with Crippen molar-refractivity contribution >= 4 is 23.1 Å². The fraction of sp³-hybridized carbons (Fsp3) is 0.167. The van der Waals surface area contributed by atoms with Crippen molar-refractivity contribution in [2.45, 2.75) is 13.3 Å². The van der Waals surface area contributed by atoms with Crippen molar-refractivity contribution in [2.24, 2.45) is 21.7 Å². The molecule has 0 aliphatic carbocycles. The minimum atomic E-state index is -0.0629. The molecule has 5 nitrogen and oxygen atoms in total. The van der Waals surface area contributed by atoms with Gasteiger partial charge in [0, 0.05) is 17.4 Å². The molecule has 0 bridgehead atoms. The minimum absolute atomic E-state index is 0.0629. The van der Waals surface area contributed by atoms with E-state index in [4.69, 9.17) is 15.9 Å². The lowest BCUT2D eigenvalue weighted by Gasteiger charge is -1.91. The molecule has 17 heavy (non-hydrogen) atoms. The summed E-state index contributed by atoms with van der Waals surface area (Å²) in [5, 5.41) is 8.42. The Hall–Kier alpha value is -2.30. The maximum atomic E-state index is 5.70. The molecule has 1 heterocycles. The van der Waals surface area contributed by atoms with Gasteiger partial charge >= 0.3 is 0 Å². The first-order chi connectivity index (χ1) is 8.22. The maximum absolute atomic E-state index is 5.70. The minimum Gasteiger partial charge on any atom is -0.460 e. The van der Waals surface area contributed by atoms with Crippen molar-refractivity contribution in [3.63, 3.8) is 0 Å². The van der Waals surface area contributed by atoms with Gasteiger partial charge in [0.2, 0.25) is 5.96 Å². The number of furan rings is 1. The van der Waals surface area contributed by atoms with E-state index in [9.17, 15) is 0 Å². The number of fused-ring (bicyclic) bond motifs is 1. The number of benzene rings is 1. The first-order valence-electron chi connectivity index (χ1n) is 5.34. The average molecular weight is 230 g/mol. The van der Waals surface area contributed by atoms with Crippen LogP contribution in [-0.4, -0.2) is 12.2 Å². The third-order valence-electron chi connectivity index (χ3n) is 2.39. The van der Waals surface area contributed by atoms with Crippen molar-refractivity contribution in [3.05, 3.63) is 35.6 Å². The van der Waals surface area contributed by atoms with E-state index in [-0.39, 0.29) is 5.96 Å². The molecule has 5 heteroatoms. The van der Waals surface area contributed by atoms with Crippen LogP contribution in [-0.2, 0) is 6.42 Å².